The topological polar surface area (TPSA) is 38.3 Å². The minimum absolute atomic E-state index is 0.0109. The summed E-state index contributed by atoms with van der Waals surface area (Å²) in [5, 5.41) is 3.02. The van der Waals surface area contributed by atoms with Gasteiger partial charge in [0.05, 0.1) is 0 Å². The molecule has 1 fully saturated rings. The summed E-state index contributed by atoms with van der Waals surface area (Å²) in [7, 11) is 0. The molecular formula is C16H22FNO2. The van der Waals surface area contributed by atoms with E-state index < -0.39 is 0 Å². The van der Waals surface area contributed by atoms with E-state index in [9.17, 15) is 9.18 Å². The quantitative estimate of drug-likeness (QED) is 0.858. The largest absolute Gasteiger partial charge is 0.484 e. The molecule has 1 aromatic carbocycles. The molecule has 1 aromatic rings. The number of amides is 1. The van der Waals surface area contributed by atoms with E-state index in [2.05, 4.69) is 5.32 Å². The normalized spacial score (nSPS) is 16.5. The van der Waals surface area contributed by atoms with E-state index in [1.807, 2.05) is 0 Å². The summed E-state index contributed by atoms with van der Waals surface area (Å²) in [6, 6.07) is 4.58. The molecule has 4 heteroatoms. The van der Waals surface area contributed by atoms with E-state index in [1.165, 1.54) is 37.8 Å². The first-order valence-corrected chi connectivity index (χ1v) is 7.33. The van der Waals surface area contributed by atoms with Crippen LogP contribution in [-0.2, 0) is 4.79 Å². The smallest absolute Gasteiger partial charge is 0.258 e. The van der Waals surface area contributed by atoms with Crippen molar-refractivity contribution in [2.45, 2.75) is 51.5 Å². The van der Waals surface area contributed by atoms with Gasteiger partial charge in [-0.1, -0.05) is 25.7 Å². The standard InChI is InChI=1S/C16H22FNO2/c1-12-10-13(17)8-9-15(12)20-11-16(19)18-14-6-4-2-3-5-7-14/h8-10,14H,2-7,11H2,1H3,(H,18,19). The average Bonchev–Trinajstić information content (AvgIpc) is 2.66. The van der Waals surface area contributed by atoms with Gasteiger partial charge < -0.3 is 10.1 Å². The van der Waals surface area contributed by atoms with E-state index >= 15 is 0 Å². The molecule has 110 valence electrons. The van der Waals surface area contributed by atoms with Crippen LogP contribution in [0.15, 0.2) is 18.2 Å². The van der Waals surface area contributed by atoms with Crippen LogP contribution in [0.2, 0.25) is 0 Å². The Morgan fingerprint density at radius 1 is 1.30 bits per heavy atom. The molecule has 3 nitrogen and oxygen atoms in total. The molecule has 0 aliphatic heterocycles. The first-order chi connectivity index (χ1) is 9.65. The fourth-order valence-corrected chi connectivity index (χ4v) is 2.61. The van der Waals surface area contributed by atoms with Crippen LogP contribution in [0.25, 0.3) is 0 Å². The van der Waals surface area contributed by atoms with Gasteiger partial charge in [0.25, 0.3) is 5.91 Å². The highest BCUT2D eigenvalue weighted by Gasteiger charge is 2.15. The molecule has 0 spiro atoms. The van der Waals surface area contributed by atoms with Crippen molar-refractivity contribution in [1.82, 2.24) is 5.32 Å². The molecule has 0 atom stereocenters. The number of benzene rings is 1. The van der Waals surface area contributed by atoms with Crippen LogP contribution in [0.3, 0.4) is 0 Å². The average molecular weight is 279 g/mol. The van der Waals surface area contributed by atoms with E-state index in [1.54, 1.807) is 13.0 Å². The maximum Gasteiger partial charge on any atom is 0.258 e. The van der Waals surface area contributed by atoms with Crippen LogP contribution in [0.4, 0.5) is 4.39 Å². The Bertz CT molecular complexity index is 454. The molecule has 1 aliphatic carbocycles. The van der Waals surface area contributed by atoms with E-state index in [-0.39, 0.29) is 24.4 Å². The lowest BCUT2D eigenvalue weighted by Gasteiger charge is -2.16. The Morgan fingerprint density at radius 3 is 2.65 bits per heavy atom. The lowest BCUT2D eigenvalue weighted by Crippen LogP contribution is -2.37. The lowest BCUT2D eigenvalue weighted by molar-refractivity contribution is -0.123. The molecule has 0 bridgehead atoms. The zero-order valence-electron chi connectivity index (χ0n) is 12.0. The summed E-state index contributed by atoms with van der Waals surface area (Å²) >= 11 is 0. The van der Waals surface area contributed by atoms with Crippen molar-refractivity contribution >= 4 is 5.91 Å². The molecule has 1 amide bonds. The van der Waals surface area contributed by atoms with Crippen LogP contribution in [0, 0.1) is 12.7 Å². The maximum atomic E-state index is 13.0. The summed E-state index contributed by atoms with van der Waals surface area (Å²) in [4.78, 5) is 11.9. The molecule has 1 saturated carbocycles. The predicted octanol–water partition coefficient (Wildman–Crippen LogP) is 3.35. The van der Waals surface area contributed by atoms with Crippen molar-refractivity contribution in [2.24, 2.45) is 0 Å². The van der Waals surface area contributed by atoms with Gasteiger partial charge in [0, 0.05) is 6.04 Å². The number of carbonyl (C=O) groups excluding carboxylic acids is 1. The van der Waals surface area contributed by atoms with Gasteiger partial charge in [0.1, 0.15) is 11.6 Å². The number of nitrogens with one attached hydrogen (secondary N) is 1. The predicted molar refractivity (Wildman–Crippen MR) is 76.3 cm³/mol. The molecule has 0 saturated heterocycles. The van der Waals surface area contributed by atoms with Gasteiger partial charge in [0.15, 0.2) is 6.61 Å². The Morgan fingerprint density at radius 2 is 2.00 bits per heavy atom. The van der Waals surface area contributed by atoms with Gasteiger partial charge >= 0.3 is 0 Å². The van der Waals surface area contributed by atoms with Gasteiger partial charge in [-0.2, -0.15) is 0 Å². The van der Waals surface area contributed by atoms with Crippen LogP contribution < -0.4 is 10.1 Å². The van der Waals surface area contributed by atoms with E-state index in [0.717, 1.165) is 12.8 Å². The Hall–Kier alpha value is -1.58. The van der Waals surface area contributed by atoms with Gasteiger partial charge in [-0.15, -0.1) is 0 Å². The van der Waals surface area contributed by atoms with Crippen molar-refractivity contribution in [2.75, 3.05) is 6.61 Å². The molecule has 0 unspecified atom stereocenters. The highest BCUT2D eigenvalue weighted by molar-refractivity contribution is 5.77. The van der Waals surface area contributed by atoms with E-state index in [0.29, 0.717) is 11.3 Å². The third kappa shape index (κ3) is 4.51. The molecule has 0 heterocycles. The number of carbonyl (C=O) groups is 1. The summed E-state index contributed by atoms with van der Waals surface area (Å²) < 4.78 is 18.4. The van der Waals surface area contributed by atoms with Gasteiger partial charge in [-0.25, -0.2) is 4.39 Å². The molecule has 2 rings (SSSR count). The highest BCUT2D eigenvalue weighted by Crippen LogP contribution is 2.19. The first-order valence-electron chi connectivity index (χ1n) is 7.33. The number of rotatable bonds is 4. The monoisotopic (exact) mass is 279 g/mol. The van der Waals surface area contributed by atoms with Crippen molar-refractivity contribution in [3.05, 3.63) is 29.6 Å². The summed E-state index contributed by atoms with van der Waals surface area (Å²) in [6.45, 7) is 1.75. The molecule has 1 N–H and O–H groups in total. The Kier molecular flexibility index (Phi) is 5.39. The van der Waals surface area contributed by atoms with Gasteiger partial charge in [-0.3, -0.25) is 4.79 Å². The van der Waals surface area contributed by atoms with Crippen LogP contribution in [0.5, 0.6) is 5.75 Å². The SMILES string of the molecule is Cc1cc(F)ccc1OCC(=O)NC1CCCCCC1. The minimum Gasteiger partial charge on any atom is -0.484 e. The second kappa shape index (κ2) is 7.27. The van der Waals surface area contributed by atoms with Gasteiger partial charge in [-0.05, 0) is 43.5 Å². The minimum atomic E-state index is -0.294. The van der Waals surface area contributed by atoms with Gasteiger partial charge in [0.2, 0.25) is 0 Å². The van der Waals surface area contributed by atoms with Crippen molar-refractivity contribution in [3.63, 3.8) is 0 Å². The molecule has 1 aliphatic rings. The summed E-state index contributed by atoms with van der Waals surface area (Å²) in [6.07, 6.45) is 7.00. The fraction of sp³-hybridized carbons (Fsp3) is 0.562. The molecule has 0 aromatic heterocycles. The molecule has 20 heavy (non-hydrogen) atoms. The zero-order valence-corrected chi connectivity index (χ0v) is 12.0. The van der Waals surface area contributed by atoms with Crippen LogP contribution in [0.1, 0.15) is 44.1 Å². The molecular weight excluding hydrogens is 257 g/mol. The number of aryl methyl sites for hydroxylation is 1. The van der Waals surface area contributed by atoms with Crippen molar-refractivity contribution < 1.29 is 13.9 Å². The van der Waals surface area contributed by atoms with Crippen LogP contribution in [-0.4, -0.2) is 18.6 Å². The molecule has 0 radical (unpaired) electrons. The van der Waals surface area contributed by atoms with E-state index in [4.69, 9.17) is 4.74 Å². The number of hydrogen-bond acceptors (Lipinski definition) is 2. The lowest BCUT2D eigenvalue weighted by atomic mass is 10.1. The van der Waals surface area contributed by atoms with Crippen molar-refractivity contribution in [1.29, 1.82) is 0 Å². The number of halogens is 1. The fourth-order valence-electron chi connectivity index (χ4n) is 2.61. The summed E-state index contributed by atoms with van der Waals surface area (Å²) in [5.74, 6) is 0.167. The first kappa shape index (κ1) is 14.8. The van der Waals surface area contributed by atoms with Crippen molar-refractivity contribution in [3.8, 4) is 5.75 Å². The highest BCUT2D eigenvalue weighted by atomic mass is 19.1. The Labute approximate surface area is 119 Å². The van der Waals surface area contributed by atoms with Crippen LogP contribution >= 0.6 is 0 Å². The maximum absolute atomic E-state index is 13.0. The second-order valence-electron chi connectivity index (χ2n) is 5.45. The zero-order chi connectivity index (χ0) is 14.4. The third-order valence-corrected chi connectivity index (χ3v) is 3.72. The third-order valence-electron chi connectivity index (χ3n) is 3.72. The number of ether oxygens (including phenoxy) is 1. The Balaban J connectivity index is 1.79. The second-order valence-corrected chi connectivity index (χ2v) is 5.45. The number of hydrogen-bond donors (Lipinski definition) is 1. The summed E-state index contributed by atoms with van der Waals surface area (Å²) in [5.41, 5.74) is 0.701.